The van der Waals surface area contributed by atoms with Crippen LogP contribution in [0.15, 0.2) is 24.3 Å². The van der Waals surface area contributed by atoms with Crippen LogP contribution in [0.25, 0.3) is 0 Å². The fourth-order valence-corrected chi connectivity index (χ4v) is 1.70. The van der Waals surface area contributed by atoms with Crippen molar-refractivity contribution < 1.29 is 9.47 Å². The number of para-hydroxylation sites is 1. The minimum absolute atomic E-state index is 0.671. The van der Waals surface area contributed by atoms with Crippen LogP contribution >= 0.6 is 0 Å². The van der Waals surface area contributed by atoms with E-state index < -0.39 is 0 Å². The minimum Gasteiger partial charge on any atom is -0.478 e. The Labute approximate surface area is 90.6 Å². The molecule has 82 valence electrons. The van der Waals surface area contributed by atoms with E-state index in [1.165, 1.54) is 5.56 Å². The molecule has 0 aliphatic carbocycles. The van der Waals surface area contributed by atoms with Gasteiger partial charge in [0.15, 0.2) is 0 Å². The zero-order valence-electron chi connectivity index (χ0n) is 9.11. The lowest BCUT2D eigenvalue weighted by Gasteiger charge is -2.28. The molecule has 0 unspecified atom stereocenters. The molecule has 3 nitrogen and oxygen atoms in total. The van der Waals surface area contributed by atoms with Crippen molar-refractivity contribution in [2.75, 3.05) is 26.5 Å². The molecule has 0 spiro atoms. The predicted octanol–water partition coefficient (Wildman–Crippen LogP) is 1.88. The van der Waals surface area contributed by atoms with Gasteiger partial charge in [0.25, 0.3) is 0 Å². The van der Waals surface area contributed by atoms with E-state index in [0.29, 0.717) is 6.73 Å². The van der Waals surface area contributed by atoms with Gasteiger partial charge in [-0.05, 0) is 13.0 Å². The Morgan fingerprint density at radius 2 is 2.27 bits per heavy atom. The highest BCUT2D eigenvalue weighted by Gasteiger charge is 2.15. The average Bonchev–Trinajstić information content (AvgIpc) is 2.29. The molecule has 0 radical (unpaired) electrons. The molecule has 2 rings (SSSR count). The summed E-state index contributed by atoms with van der Waals surface area (Å²) in [7, 11) is 0. The topological polar surface area (TPSA) is 21.7 Å². The molecule has 0 atom stereocenters. The minimum atomic E-state index is 0.671. The van der Waals surface area contributed by atoms with Crippen molar-refractivity contribution in [2.24, 2.45) is 0 Å². The first-order chi connectivity index (χ1) is 7.40. The molecule has 1 aliphatic heterocycles. The van der Waals surface area contributed by atoms with E-state index in [9.17, 15) is 0 Å². The monoisotopic (exact) mass is 207 g/mol. The van der Waals surface area contributed by atoms with Crippen LogP contribution in [0.2, 0.25) is 0 Å². The smallest absolute Gasteiger partial charge is 0.142 e. The maximum atomic E-state index is 5.64. The molecular weight excluding hydrogens is 190 g/mol. The van der Waals surface area contributed by atoms with E-state index in [0.717, 1.165) is 32.1 Å². The fourth-order valence-electron chi connectivity index (χ4n) is 1.70. The van der Waals surface area contributed by atoms with Crippen molar-refractivity contribution in [3.8, 4) is 5.75 Å². The second-order valence-electron chi connectivity index (χ2n) is 3.63. The van der Waals surface area contributed by atoms with Crippen LogP contribution < -0.4 is 4.74 Å². The first-order valence-corrected chi connectivity index (χ1v) is 5.41. The first kappa shape index (κ1) is 10.5. The molecule has 0 amide bonds. The molecular formula is C12H17NO2. The lowest BCUT2D eigenvalue weighted by atomic mass is 10.2. The first-order valence-electron chi connectivity index (χ1n) is 5.41. The number of ether oxygens (including phenoxy) is 2. The van der Waals surface area contributed by atoms with E-state index in [2.05, 4.69) is 11.0 Å². The third kappa shape index (κ3) is 2.70. The molecule has 1 heterocycles. The van der Waals surface area contributed by atoms with Gasteiger partial charge in [-0.1, -0.05) is 18.2 Å². The Kier molecular flexibility index (Phi) is 3.59. The van der Waals surface area contributed by atoms with Crippen molar-refractivity contribution in [2.45, 2.75) is 13.5 Å². The summed E-state index contributed by atoms with van der Waals surface area (Å²) in [5.74, 6) is 1.02. The molecule has 0 aromatic heterocycles. The lowest BCUT2D eigenvalue weighted by molar-refractivity contribution is 0.0542. The van der Waals surface area contributed by atoms with Gasteiger partial charge in [-0.3, -0.25) is 4.90 Å². The molecule has 0 fully saturated rings. The number of nitrogens with zero attached hydrogens (tertiary/aromatic N) is 1. The van der Waals surface area contributed by atoms with E-state index in [1.54, 1.807) is 0 Å². The molecule has 0 N–H and O–H groups in total. The van der Waals surface area contributed by atoms with Crippen LogP contribution in [0, 0.1) is 0 Å². The molecule has 1 aliphatic rings. The third-order valence-electron chi connectivity index (χ3n) is 2.53. The number of rotatable bonds is 4. The average molecular weight is 207 g/mol. The zero-order valence-corrected chi connectivity index (χ0v) is 9.11. The summed E-state index contributed by atoms with van der Waals surface area (Å²) in [6.45, 7) is 6.14. The summed E-state index contributed by atoms with van der Waals surface area (Å²) in [5, 5.41) is 0. The summed E-state index contributed by atoms with van der Waals surface area (Å²) in [6.07, 6.45) is 0. The van der Waals surface area contributed by atoms with Crippen molar-refractivity contribution in [3.05, 3.63) is 29.8 Å². The Bertz CT molecular complexity index is 314. The molecule has 0 bridgehead atoms. The van der Waals surface area contributed by atoms with Crippen LogP contribution in [-0.2, 0) is 11.3 Å². The quantitative estimate of drug-likeness (QED) is 0.704. The highest BCUT2D eigenvalue weighted by molar-refractivity contribution is 5.34. The third-order valence-corrected chi connectivity index (χ3v) is 2.53. The van der Waals surface area contributed by atoms with Gasteiger partial charge in [0.05, 0.1) is 6.61 Å². The van der Waals surface area contributed by atoms with Gasteiger partial charge in [-0.15, -0.1) is 0 Å². The maximum absolute atomic E-state index is 5.64. The maximum Gasteiger partial charge on any atom is 0.142 e. The Hall–Kier alpha value is -1.06. The van der Waals surface area contributed by atoms with Crippen molar-refractivity contribution in [1.29, 1.82) is 0 Å². The van der Waals surface area contributed by atoms with E-state index in [-0.39, 0.29) is 0 Å². The van der Waals surface area contributed by atoms with E-state index >= 15 is 0 Å². The Morgan fingerprint density at radius 3 is 3.13 bits per heavy atom. The summed E-state index contributed by atoms with van der Waals surface area (Å²) in [6, 6.07) is 8.19. The van der Waals surface area contributed by atoms with Crippen LogP contribution in [-0.4, -0.2) is 31.4 Å². The highest BCUT2D eigenvalue weighted by Crippen LogP contribution is 2.23. The molecule has 3 heteroatoms. The number of hydrogen-bond acceptors (Lipinski definition) is 3. The molecule has 15 heavy (non-hydrogen) atoms. The summed E-state index contributed by atoms with van der Waals surface area (Å²) < 4.78 is 11.0. The van der Waals surface area contributed by atoms with Gasteiger partial charge in [0, 0.05) is 25.3 Å². The zero-order chi connectivity index (χ0) is 10.5. The van der Waals surface area contributed by atoms with Gasteiger partial charge in [0.2, 0.25) is 0 Å². The van der Waals surface area contributed by atoms with Crippen molar-refractivity contribution in [3.63, 3.8) is 0 Å². The van der Waals surface area contributed by atoms with Gasteiger partial charge < -0.3 is 9.47 Å². The predicted molar refractivity (Wildman–Crippen MR) is 58.8 cm³/mol. The van der Waals surface area contributed by atoms with Gasteiger partial charge in [-0.25, -0.2) is 0 Å². The highest BCUT2D eigenvalue weighted by atomic mass is 16.5. The summed E-state index contributed by atoms with van der Waals surface area (Å²) >= 11 is 0. The lowest BCUT2D eigenvalue weighted by Crippen LogP contribution is -2.34. The molecule has 1 aromatic carbocycles. The van der Waals surface area contributed by atoms with Crippen LogP contribution in [0.1, 0.15) is 12.5 Å². The molecule has 0 saturated heterocycles. The summed E-state index contributed by atoms with van der Waals surface area (Å²) in [5.41, 5.74) is 1.26. The number of fused-ring (bicyclic) bond motifs is 1. The van der Waals surface area contributed by atoms with Crippen LogP contribution in [0.4, 0.5) is 0 Å². The molecule has 0 saturated carbocycles. The largest absolute Gasteiger partial charge is 0.478 e. The van der Waals surface area contributed by atoms with E-state index in [4.69, 9.17) is 9.47 Å². The van der Waals surface area contributed by atoms with Crippen LogP contribution in [0.5, 0.6) is 5.75 Å². The fraction of sp³-hybridized carbons (Fsp3) is 0.500. The molecule has 1 aromatic rings. The SMILES string of the molecule is CCOCCN1COc2ccccc2C1. The normalized spacial score (nSPS) is 15.8. The van der Waals surface area contributed by atoms with E-state index in [1.807, 2.05) is 25.1 Å². The number of benzene rings is 1. The number of hydrogen-bond donors (Lipinski definition) is 0. The van der Waals surface area contributed by atoms with Crippen molar-refractivity contribution in [1.82, 2.24) is 4.90 Å². The second kappa shape index (κ2) is 5.14. The van der Waals surface area contributed by atoms with Gasteiger partial charge in [-0.2, -0.15) is 0 Å². The van der Waals surface area contributed by atoms with Gasteiger partial charge >= 0.3 is 0 Å². The second-order valence-corrected chi connectivity index (χ2v) is 3.63. The summed E-state index contributed by atoms with van der Waals surface area (Å²) in [4.78, 5) is 2.25. The Morgan fingerprint density at radius 1 is 1.40 bits per heavy atom. The Balaban J connectivity index is 1.88. The van der Waals surface area contributed by atoms with Crippen LogP contribution in [0.3, 0.4) is 0 Å². The standard InChI is InChI=1S/C12H17NO2/c1-2-14-8-7-13-9-11-5-3-4-6-12(11)15-10-13/h3-6H,2,7-10H2,1H3. The van der Waals surface area contributed by atoms with Gasteiger partial charge in [0.1, 0.15) is 12.5 Å². The van der Waals surface area contributed by atoms with Crippen molar-refractivity contribution >= 4 is 0 Å².